The van der Waals surface area contributed by atoms with E-state index in [2.05, 4.69) is 23.8 Å². The van der Waals surface area contributed by atoms with Gasteiger partial charge in [-0.05, 0) is 42.8 Å². The molecule has 0 unspecified atom stereocenters. The third kappa shape index (κ3) is 5.24. The summed E-state index contributed by atoms with van der Waals surface area (Å²) in [7, 11) is 0. The van der Waals surface area contributed by atoms with Crippen molar-refractivity contribution in [2.75, 3.05) is 11.9 Å². The minimum Gasteiger partial charge on any atom is -0.494 e. The molecule has 6 nitrogen and oxygen atoms in total. The van der Waals surface area contributed by atoms with Crippen LogP contribution in [0.5, 0.6) is 5.75 Å². The average Bonchev–Trinajstić information content (AvgIpc) is 3.04. The summed E-state index contributed by atoms with van der Waals surface area (Å²) in [6, 6.07) is 12.7. The molecular weight excluding hydrogens is 398 g/mol. The van der Waals surface area contributed by atoms with Crippen molar-refractivity contribution in [2.45, 2.75) is 33.2 Å². The molecule has 0 atom stereocenters. The van der Waals surface area contributed by atoms with Gasteiger partial charge in [0.05, 0.1) is 16.8 Å². The van der Waals surface area contributed by atoms with Crippen molar-refractivity contribution in [2.24, 2.45) is 4.99 Å². The van der Waals surface area contributed by atoms with E-state index < -0.39 is 0 Å². The van der Waals surface area contributed by atoms with E-state index in [0.717, 1.165) is 23.1 Å². The molecule has 0 aliphatic rings. The van der Waals surface area contributed by atoms with Crippen LogP contribution in [-0.2, 0) is 11.3 Å². The van der Waals surface area contributed by atoms with Crippen molar-refractivity contribution < 1.29 is 14.3 Å². The number of aromatic nitrogens is 1. The first kappa shape index (κ1) is 21.5. The van der Waals surface area contributed by atoms with Gasteiger partial charge in [0.2, 0.25) is 5.91 Å². The molecule has 2 amide bonds. The first-order chi connectivity index (χ1) is 14.5. The van der Waals surface area contributed by atoms with Crippen LogP contribution in [0.4, 0.5) is 5.69 Å². The fourth-order valence-corrected chi connectivity index (χ4v) is 4.03. The van der Waals surface area contributed by atoms with E-state index in [-0.39, 0.29) is 11.8 Å². The highest BCUT2D eigenvalue weighted by Crippen LogP contribution is 2.22. The number of amides is 2. The number of nitrogens with zero attached hydrogens (tertiary/aromatic N) is 2. The van der Waals surface area contributed by atoms with Crippen LogP contribution >= 0.6 is 11.3 Å². The Bertz CT molecular complexity index is 1140. The van der Waals surface area contributed by atoms with Gasteiger partial charge >= 0.3 is 0 Å². The molecule has 1 heterocycles. The number of benzene rings is 2. The van der Waals surface area contributed by atoms with Gasteiger partial charge in [0, 0.05) is 24.7 Å². The average molecular weight is 424 g/mol. The molecule has 0 bridgehead atoms. The molecule has 30 heavy (non-hydrogen) atoms. The van der Waals surface area contributed by atoms with Crippen LogP contribution < -0.4 is 14.9 Å². The first-order valence-corrected chi connectivity index (χ1v) is 10.7. The molecule has 1 aromatic heterocycles. The molecule has 0 aliphatic carbocycles. The Hall–Kier alpha value is -3.19. The number of fused-ring (bicyclic) bond motifs is 1. The van der Waals surface area contributed by atoms with Crippen molar-refractivity contribution in [3.63, 3.8) is 0 Å². The lowest BCUT2D eigenvalue weighted by atomic mass is 10.2. The predicted octanol–water partition coefficient (Wildman–Crippen LogP) is 4.77. The second kappa shape index (κ2) is 10.0. The number of ether oxygens (including phenoxy) is 1. The molecule has 0 radical (unpaired) electrons. The number of unbranched alkanes of at least 4 members (excludes halogenated alkanes) is 1. The molecule has 3 aromatic rings. The second-order valence-electron chi connectivity index (χ2n) is 6.79. The molecule has 0 fully saturated rings. The SMILES string of the molecule is C=CCn1c(=NC(=O)c2cccc(OCCCC)c2)sc2cc(NC(C)=O)ccc21. The number of thiazole rings is 1. The third-order valence-corrected chi connectivity index (χ3v) is 5.40. The Morgan fingerprint density at radius 3 is 2.83 bits per heavy atom. The number of carbonyl (C=O) groups excluding carboxylic acids is 2. The van der Waals surface area contributed by atoms with Crippen LogP contribution in [0.1, 0.15) is 37.0 Å². The van der Waals surface area contributed by atoms with E-state index in [0.29, 0.717) is 35.0 Å². The Morgan fingerprint density at radius 2 is 2.10 bits per heavy atom. The molecular formula is C23H25N3O3S. The van der Waals surface area contributed by atoms with Crippen LogP contribution in [0.15, 0.2) is 60.1 Å². The first-order valence-electron chi connectivity index (χ1n) is 9.85. The van der Waals surface area contributed by atoms with Crippen molar-refractivity contribution >= 4 is 39.1 Å². The molecule has 0 spiro atoms. The van der Waals surface area contributed by atoms with E-state index in [4.69, 9.17) is 4.74 Å². The zero-order chi connectivity index (χ0) is 21.5. The Kier molecular flexibility index (Phi) is 7.19. The molecule has 0 aliphatic heterocycles. The fraction of sp³-hybridized carbons (Fsp3) is 0.261. The molecule has 1 N–H and O–H groups in total. The number of hydrogen-bond acceptors (Lipinski definition) is 4. The lowest BCUT2D eigenvalue weighted by molar-refractivity contribution is -0.114. The highest BCUT2D eigenvalue weighted by Gasteiger charge is 2.10. The maximum atomic E-state index is 12.8. The lowest BCUT2D eigenvalue weighted by Gasteiger charge is -2.06. The van der Waals surface area contributed by atoms with Gasteiger partial charge in [0.1, 0.15) is 5.75 Å². The molecule has 7 heteroatoms. The predicted molar refractivity (Wildman–Crippen MR) is 121 cm³/mol. The van der Waals surface area contributed by atoms with Crippen molar-refractivity contribution in [1.29, 1.82) is 0 Å². The molecule has 3 rings (SSSR count). The van der Waals surface area contributed by atoms with E-state index >= 15 is 0 Å². The number of anilines is 1. The molecule has 2 aromatic carbocycles. The summed E-state index contributed by atoms with van der Waals surface area (Å²) < 4.78 is 8.56. The summed E-state index contributed by atoms with van der Waals surface area (Å²) in [5.74, 6) is 0.202. The molecule has 0 saturated heterocycles. The van der Waals surface area contributed by atoms with Gasteiger partial charge in [-0.2, -0.15) is 4.99 Å². The highest BCUT2D eigenvalue weighted by atomic mass is 32.1. The third-order valence-electron chi connectivity index (χ3n) is 4.36. The second-order valence-corrected chi connectivity index (χ2v) is 7.80. The fourth-order valence-electron chi connectivity index (χ4n) is 2.95. The Labute approximate surface area is 179 Å². The smallest absolute Gasteiger partial charge is 0.279 e. The largest absolute Gasteiger partial charge is 0.494 e. The summed E-state index contributed by atoms with van der Waals surface area (Å²) in [6.45, 7) is 8.52. The topological polar surface area (TPSA) is 72.7 Å². The van der Waals surface area contributed by atoms with Gasteiger partial charge in [-0.15, -0.1) is 6.58 Å². The quantitative estimate of drug-likeness (QED) is 0.419. The number of rotatable bonds is 8. The van der Waals surface area contributed by atoms with E-state index in [1.54, 1.807) is 24.3 Å². The van der Waals surface area contributed by atoms with E-state index in [1.165, 1.54) is 18.3 Å². The zero-order valence-corrected chi connectivity index (χ0v) is 18.0. The summed E-state index contributed by atoms with van der Waals surface area (Å²) in [6.07, 6.45) is 3.78. The number of hydrogen-bond donors (Lipinski definition) is 1. The monoisotopic (exact) mass is 423 g/mol. The summed E-state index contributed by atoms with van der Waals surface area (Å²) in [5, 5.41) is 2.78. The zero-order valence-electron chi connectivity index (χ0n) is 17.2. The van der Waals surface area contributed by atoms with Crippen molar-refractivity contribution in [3.05, 3.63) is 65.5 Å². The lowest BCUT2D eigenvalue weighted by Crippen LogP contribution is -2.16. The van der Waals surface area contributed by atoms with Gasteiger partial charge in [-0.3, -0.25) is 9.59 Å². The standard InChI is InChI=1S/C23H25N3O3S/c1-4-6-13-29-19-9-7-8-17(14-19)22(28)25-23-26(12-5-2)20-11-10-18(24-16(3)27)15-21(20)30-23/h5,7-11,14-15H,2,4,6,12-13H2,1,3H3,(H,24,27). The van der Waals surface area contributed by atoms with Crippen molar-refractivity contribution in [3.8, 4) is 5.75 Å². The van der Waals surface area contributed by atoms with Crippen LogP contribution in [0.3, 0.4) is 0 Å². The summed E-state index contributed by atoms with van der Waals surface area (Å²) in [5.41, 5.74) is 2.11. The number of allylic oxidation sites excluding steroid dienone is 1. The van der Waals surface area contributed by atoms with Gasteiger partial charge in [0.15, 0.2) is 4.80 Å². The Balaban J connectivity index is 1.96. The van der Waals surface area contributed by atoms with E-state index in [9.17, 15) is 9.59 Å². The molecule has 0 saturated carbocycles. The summed E-state index contributed by atoms with van der Waals surface area (Å²) >= 11 is 1.39. The Morgan fingerprint density at radius 1 is 1.27 bits per heavy atom. The van der Waals surface area contributed by atoms with Gasteiger partial charge in [-0.1, -0.05) is 36.8 Å². The number of carbonyl (C=O) groups is 2. The minimum atomic E-state index is -0.331. The van der Waals surface area contributed by atoms with E-state index in [1.807, 2.05) is 28.8 Å². The maximum Gasteiger partial charge on any atom is 0.279 e. The van der Waals surface area contributed by atoms with Crippen LogP contribution in [-0.4, -0.2) is 23.0 Å². The maximum absolute atomic E-state index is 12.8. The van der Waals surface area contributed by atoms with Gasteiger partial charge in [0.25, 0.3) is 5.91 Å². The minimum absolute atomic E-state index is 0.133. The van der Waals surface area contributed by atoms with Gasteiger partial charge < -0.3 is 14.6 Å². The van der Waals surface area contributed by atoms with Gasteiger partial charge in [-0.25, -0.2) is 0 Å². The molecule has 156 valence electrons. The van der Waals surface area contributed by atoms with Crippen molar-refractivity contribution in [1.82, 2.24) is 4.57 Å². The highest BCUT2D eigenvalue weighted by molar-refractivity contribution is 7.16. The van der Waals surface area contributed by atoms with Crippen LogP contribution in [0.2, 0.25) is 0 Å². The summed E-state index contributed by atoms with van der Waals surface area (Å²) in [4.78, 5) is 29.1. The normalized spacial score (nSPS) is 11.5. The number of nitrogens with one attached hydrogen (secondary N) is 1. The van der Waals surface area contributed by atoms with Crippen LogP contribution in [0.25, 0.3) is 10.2 Å². The van der Waals surface area contributed by atoms with Crippen LogP contribution in [0, 0.1) is 0 Å².